The molecule has 0 aromatic carbocycles. The van der Waals surface area contributed by atoms with E-state index >= 15 is 0 Å². The number of nitrogens with zero attached hydrogens (tertiary/aromatic N) is 6. The summed E-state index contributed by atoms with van der Waals surface area (Å²) in [7, 11) is 0. The molecule has 0 unspecified atom stereocenters. The van der Waals surface area contributed by atoms with Crippen molar-refractivity contribution < 1.29 is 9.53 Å². The summed E-state index contributed by atoms with van der Waals surface area (Å²) in [5.74, 6) is -0.361. The Morgan fingerprint density at radius 2 is 2.23 bits per heavy atom. The average Bonchev–Trinajstić information content (AvgIpc) is 2.96. The first-order chi connectivity index (χ1) is 10.7. The van der Waals surface area contributed by atoms with E-state index in [-0.39, 0.29) is 30.1 Å². The fourth-order valence-corrected chi connectivity index (χ4v) is 1.92. The normalized spacial score (nSPS) is 10.8. The molecule has 3 aromatic rings. The number of tetrazole rings is 1. The molecule has 0 amide bonds. The molecule has 0 fully saturated rings. The Morgan fingerprint density at radius 1 is 1.36 bits per heavy atom. The smallest absolute Gasteiger partial charge is 0.329 e. The predicted molar refractivity (Wildman–Crippen MR) is 74.9 cm³/mol. The molecule has 0 radical (unpaired) electrons. The molecule has 0 N–H and O–H groups in total. The van der Waals surface area contributed by atoms with Gasteiger partial charge in [-0.15, -0.1) is 10.2 Å². The van der Waals surface area contributed by atoms with Gasteiger partial charge in [-0.1, -0.05) is 6.07 Å². The fourth-order valence-electron chi connectivity index (χ4n) is 1.92. The number of fused-ring (bicyclic) bond motifs is 1. The van der Waals surface area contributed by atoms with Crippen molar-refractivity contribution in [1.29, 1.82) is 0 Å². The van der Waals surface area contributed by atoms with Gasteiger partial charge in [-0.05, 0) is 24.3 Å². The quantitative estimate of drug-likeness (QED) is 0.620. The van der Waals surface area contributed by atoms with Gasteiger partial charge in [0.05, 0.1) is 6.61 Å². The van der Waals surface area contributed by atoms with Gasteiger partial charge in [-0.25, -0.2) is 9.78 Å². The summed E-state index contributed by atoms with van der Waals surface area (Å²) in [6.07, 6.45) is 3.00. The van der Waals surface area contributed by atoms with Crippen LogP contribution in [0.1, 0.15) is 6.92 Å². The fraction of sp³-hybridized carbons (Fsp3) is 0.231. The third kappa shape index (κ3) is 2.55. The highest BCUT2D eigenvalue weighted by Crippen LogP contribution is 2.07. The molecule has 0 saturated heterocycles. The van der Waals surface area contributed by atoms with Crippen molar-refractivity contribution in [2.24, 2.45) is 0 Å². The lowest BCUT2D eigenvalue weighted by molar-refractivity contribution is -0.144. The topological polar surface area (TPSA) is 104 Å². The van der Waals surface area contributed by atoms with Crippen LogP contribution in [0.3, 0.4) is 0 Å². The molecule has 3 heterocycles. The van der Waals surface area contributed by atoms with Crippen molar-refractivity contribution in [3.05, 3.63) is 40.9 Å². The molecule has 9 heteroatoms. The first kappa shape index (κ1) is 13.9. The van der Waals surface area contributed by atoms with Crippen LogP contribution < -0.4 is 5.56 Å². The molecule has 0 atom stereocenters. The van der Waals surface area contributed by atoms with E-state index in [0.29, 0.717) is 5.65 Å². The van der Waals surface area contributed by atoms with Crippen LogP contribution in [0.25, 0.3) is 17.0 Å². The van der Waals surface area contributed by atoms with E-state index in [0.717, 1.165) is 4.80 Å². The molecule has 0 aliphatic heterocycles. The maximum Gasteiger partial charge on any atom is 0.329 e. The van der Waals surface area contributed by atoms with Crippen LogP contribution in [0.15, 0.2) is 35.4 Å². The first-order valence-corrected chi connectivity index (χ1v) is 6.59. The van der Waals surface area contributed by atoms with Gasteiger partial charge in [0, 0.05) is 12.4 Å². The second-order valence-corrected chi connectivity index (χ2v) is 4.35. The van der Waals surface area contributed by atoms with E-state index in [1.807, 2.05) is 0 Å². The van der Waals surface area contributed by atoms with Crippen molar-refractivity contribution in [3.63, 3.8) is 0 Å². The molecule has 0 aliphatic rings. The van der Waals surface area contributed by atoms with Gasteiger partial charge in [0.25, 0.3) is 5.56 Å². The Kier molecular flexibility index (Phi) is 3.60. The standard InChI is InChI=1S/C13H12N6O3/c1-2-22-11(20)8-19-16-12(15-17-19)9-7-14-10-5-3-4-6-18(10)13(9)21/h3-7H,2,8H2,1H3. The minimum absolute atomic E-state index is 0.111. The number of rotatable bonds is 4. The van der Waals surface area contributed by atoms with Crippen LogP contribution in [0.2, 0.25) is 0 Å². The zero-order valence-corrected chi connectivity index (χ0v) is 11.7. The number of hydrogen-bond acceptors (Lipinski definition) is 7. The first-order valence-electron chi connectivity index (χ1n) is 6.59. The number of carbonyl (C=O) groups excluding carboxylic acids is 1. The maximum absolute atomic E-state index is 12.4. The zero-order valence-electron chi connectivity index (χ0n) is 11.7. The van der Waals surface area contributed by atoms with E-state index in [2.05, 4.69) is 20.4 Å². The molecule has 0 spiro atoms. The van der Waals surface area contributed by atoms with E-state index < -0.39 is 5.97 Å². The summed E-state index contributed by atoms with van der Waals surface area (Å²) in [4.78, 5) is 29.0. The third-order valence-corrected chi connectivity index (χ3v) is 2.88. The summed E-state index contributed by atoms with van der Waals surface area (Å²) < 4.78 is 6.19. The predicted octanol–water partition coefficient (Wildman–Crippen LogP) is -0.0889. The van der Waals surface area contributed by atoms with Gasteiger partial charge in [0.2, 0.25) is 5.82 Å². The number of pyridine rings is 1. The minimum Gasteiger partial charge on any atom is -0.465 e. The molecule has 0 saturated carbocycles. The largest absolute Gasteiger partial charge is 0.465 e. The lowest BCUT2D eigenvalue weighted by Gasteiger charge is -2.00. The molecule has 3 aromatic heterocycles. The van der Waals surface area contributed by atoms with Gasteiger partial charge in [0.15, 0.2) is 6.54 Å². The molecule has 22 heavy (non-hydrogen) atoms. The highest BCUT2D eigenvalue weighted by atomic mass is 16.5. The van der Waals surface area contributed by atoms with E-state index in [1.54, 1.807) is 31.3 Å². The third-order valence-electron chi connectivity index (χ3n) is 2.88. The maximum atomic E-state index is 12.4. The van der Waals surface area contributed by atoms with Gasteiger partial charge in [-0.2, -0.15) is 4.80 Å². The number of carbonyl (C=O) groups is 1. The summed E-state index contributed by atoms with van der Waals surface area (Å²) in [6.45, 7) is 1.82. The van der Waals surface area contributed by atoms with Gasteiger partial charge in [-0.3, -0.25) is 9.20 Å². The molecule has 3 rings (SSSR count). The summed E-state index contributed by atoms with van der Waals surface area (Å²) >= 11 is 0. The number of hydrogen-bond donors (Lipinski definition) is 0. The van der Waals surface area contributed by atoms with Gasteiger partial charge in [0.1, 0.15) is 11.2 Å². The second-order valence-electron chi connectivity index (χ2n) is 4.35. The van der Waals surface area contributed by atoms with Crippen molar-refractivity contribution in [2.45, 2.75) is 13.5 Å². The van der Waals surface area contributed by atoms with Gasteiger partial charge >= 0.3 is 5.97 Å². The summed E-state index contributed by atoms with van der Waals surface area (Å²) in [5, 5.41) is 11.5. The Bertz CT molecular complexity index is 885. The van der Waals surface area contributed by atoms with Crippen molar-refractivity contribution in [2.75, 3.05) is 6.61 Å². The van der Waals surface area contributed by atoms with Crippen LogP contribution in [0.5, 0.6) is 0 Å². The molecule has 9 nitrogen and oxygen atoms in total. The molecular formula is C13H12N6O3. The van der Waals surface area contributed by atoms with Crippen molar-refractivity contribution in [1.82, 2.24) is 29.6 Å². The Balaban J connectivity index is 1.95. The Labute approximate surface area is 124 Å². The lowest BCUT2D eigenvalue weighted by atomic mass is 10.3. The number of ether oxygens (including phenoxy) is 1. The molecule has 0 bridgehead atoms. The Hall–Kier alpha value is -3.10. The molecular weight excluding hydrogens is 288 g/mol. The molecule has 0 aliphatic carbocycles. The van der Waals surface area contributed by atoms with E-state index in [1.165, 1.54) is 10.6 Å². The zero-order chi connectivity index (χ0) is 15.5. The highest BCUT2D eigenvalue weighted by molar-refractivity contribution is 5.68. The summed E-state index contributed by atoms with van der Waals surface area (Å²) in [5.41, 5.74) is 0.426. The Morgan fingerprint density at radius 3 is 3.05 bits per heavy atom. The van der Waals surface area contributed by atoms with Crippen LogP contribution in [-0.4, -0.2) is 42.2 Å². The SMILES string of the molecule is CCOC(=O)Cn1nnc(-c2cnc3ccccn3c2=O)n1. The van der Waals surface area contributed by atoms with Crippen LogP contribution in [-0.2, 0) is 16.1 Å². The number of aromatic nitrogens is 6. The minimum atomic E-state index is -0.472. The number of esters is 1. The van der Waals surface area contributed by atoms with Crippen LogP contribution >= 0.6 is 0 Å². The van der Waals surface area contributed by atoms with Crippen LogP contribution in [0, 0.1) is 0 Å². The second kappa shape index (κ2) is 5.72. The molecule has 112 valence electrons. The highest BCUT2D eigenvalue weighted by Gasteiger charge is 2.14. The van der Waals surface area contributed by atoms with Crippen molar-refractivity contribution >= 4 is 11.6 Å². The summed E-state index contributed by atoms with van der Waals surface area (Å²) in [6, 6.07) is 5.23. The average molecular weight is 300 g/mol. The van der Waals surface area contributed by atoms with Crippen LogP contribution in [0.4, 0.5) is 0 Å². The monoisotopic (exact) mass is 300 g/mol. The van der Waals surface area contributed by atoms with E-state index in [4.69, 9.17) is 4.74 Å². The van der Waals surface area contributed by atoms with Crippen molar-refractivity contribution in [3.8, 4) is 11.4 Å². The lowest BCUT2D eigenvalue weighted by Crippen LogP contribution is -2.17. The van der Waals surface area contributed by atoms with Gasteiger partial charge < -0.3 is 4.74 Å². The van der Waals surface area contributed by atoms with E-state index in [9.17, 15) is 9.59 Å².